The van der Waals surface area contributed by atoms with Crippen molar-refractivity contribution in [2.24, 2.45) is 5.92 Å². The molecule has 3 N–H and O–H groups in total. The van der Waals surface area contributed by atoms with Gasteiger partial charge in [-0.2, -0.15) is 0 Å². The topological polar surface area (TPSA) is 99.8 Å². The molecule has 1 saturated heterocycles. The Morgan fingerprint density at radius 3 is 2.17 bits per heavy atom. The maximum absolute atomic E-state index is 12.7. The summed E-state index contributed by atoms with van der Waals surface area (Å²) in [6.07, 6.45) is 10.4. The van der Waals surface area contributed by atoms with Gasteiger partial charge in [-0.25, -0.2) is 4.39 Å². The molecule has 1 aromatic rings. The van der Waals surface area contributed by atoms with E-state index in [4.69, 9.17) is 4.74 Å². The van der Waals surface area contributed by atoms with E-state index in [1.165, 1.54) is 28.2 Å². The van der Waals surface area contributed by atoms with E-state index in [-0.39, 0.29) is 30.4 Å². The quantitative estimate of drug-likeness (QED) is 0.153. The molecular weight excluding hydrogens is 583 g/mol. The number of allylic oxidation sites excluding steroid dienone is 3. The van der Waals surface area contributed by atoms with Gasteiger partial charge in [-0.05, 0) is 102 Å². The van der Waals surface area contributed by atoms with Crippen LogP contribution in [-0.4, -0.2) is 75.9 Å². The zero-order valence-electron chi connectivity index (χ0n) is 30.5. The summed E-state index contributed by atoms with van der Waals surface area (Å²) in [7, 11) is 3.61. The highest BCUT2D eigenvalue weighted by Crippen LogP contribution is 2.34. The van der Waals surface area contributed by atoms with Gasteiger partial charge < -0.3 is 30.4 Å². The predicted molar refractivity (Wildman–Crippen MR) is 190 cm³/mol. The summed E-state index contributed by atoms with van der Waals surface area (Å²) in [6, 6.07) is 6.16. The van der Waals surface area contributed by atoms with Gasteiger partial charge in [-0.3, -0.25) is 9.59 Å². The maximum Gasteiger partial charge on any atom is 0.240 e. The van der Waals surface area contributed by atoms with Crippen LogP contribution in [-0.2, 0) is 19.1 Å². The van der Waals surface area contributed by atoms with Crippen molar-refractivity contribution in [1.29, 1.82) is 0 Å². The highest BCUT2D eigenvalue weighted by atomic mass is 19.1. The molecule has 46 heavy (non-hydrogen) atoms. The minimum Gasteiger partial charge on any atom is -0.489 e. The minimum atomic E-state index is -0.242. The molecular formula is C37H65FN4O4. The largest absolute Gasteiger partial charge is 0.489 e. The monoisotopic (exact) mass is 648 g/mol. The fourth-order valence-corrected chi connectivity index (χ4v) is 4.43. The van der Waals surface area contributed by atoms with Crippen molar-refractivity contribution in [3.8, 4) is 0 Å². The summed E-state index contributed by atoms with van der Waals surface area (Å²) < 4.78 is 18.5. The van der Waals surface area contributed by atoms with E-state index in [2.05, 4.69) is 42.8 Å². The molecule has 2 fully saturated rings. The van der Waals surface area contributed by atoms with Crippen molar-refractivity contribution in [3.05, 3.63) is 58.6 Å². The van der Waals surface area contributed by atoms with Gasteiger partial charge in [0.2, 0.25) is 12.3 Å². The Bertz CT molecular complexity index is 971. The van der Waals surface area contributed by atoms with E-state index in [1.54, 1.807) is 19.2 Å². The number of ether oxygens (including phenoxy) is 1. The lowest BCUT2D eigenvalue weighted by Gasteiger charge is -2.32. The molecule has 0 bridgehead atoms. The molecule has 2 unspecified atom stereocenters. The summed E-state index contributed by atoms with van der Waals surface area (Å²) in [5.74, 6) is 1.15. The number of halogens is 1. The first-order chi connectivity index (χ1) is 22.2. The summed E-state index contributed by atoms with van der Waals surface area (Å²) in [6.45, 7) is 18.7. The van der Waals surface area contributed by atoms with Gasteiger partial charge in [-0.1, -0.05) is 65.3 Å². The van der Waals surface area contributed by atoms with Crippen LogP contribution in [0.4, 0.5) is 4.39 Å². The third kappa shape index (κ3) is 20.2. The minimum absolute atomic E-state index is 0.0124. The number of aldehydes is 1. The fourth-order valence-electron chi connectivity index (χ4n) is 4.43. The van der Waals surface area contributed by atoms with Gasteiger partial charge in [0.1, 0.15) is 24.0 Å². The molecule has 2 atom stereocenters. The third-order valence-corrected chi connectivity index (χ3v) is 7.12. The number of carbonyl (C=O) groups excluding carboxylic acids is 3. The number of benzene rings is 1. The number of nitrogens with one attached hydrogen (secondary N) is 3. The van der Waals surface area contributed by atoms with E-state index < -0.39 is 0 Å². The van der Waals surface area contributed by atoms with Crippen molar-refractivity contribution in [3.63, 3.8) is 0 Å². The van der Waals surface area contributed by atoms with Crippen molar-refractivity contribution < 1.29 is 23.5 Å². The number of aryl methyl sites for hydroxylation is 1. The second-order valence-corrected chi connectivity index (χ2v) is 10.8. The van der Waals surface area contributed by atoms with Crippen LogP contribution in [0.5, 0.6) is 0 Å². The molecule has 0 radical (unpaired) electrons. The molecule has 2 aliphatic rings. The van der Waals surface area contributed by atoms with Crippen molar-refractivity contribution >= 4 is 18.6 Å². The number of hydrogen-bond donors (Lipinski definition) is 3. The molecule has 2 amide bonds. The number of likely N-dealkylation sites (N-methyl/N-ethyl adjacent to an activating group) is 1. The zero-order valence-corrected chi connectivity index (χ0v) is 30.5. The molecule has 3 rings (SSSR count). The van der Waals surface area contributed by atoms with Crippen LogP contribution in [0.15, 0.2) is 47.2 Å². The molecule has 264 valence electrons. The average Bonchev–Trinajstić information content (AvgIpc) is 3.93. The summed E-state index contributed by atoms with van der Waals surface area (Å²) >= 11 is 0. The summed E-state index contributed by atoms with van der Waals surface area (Å²) in [5, 5.41) is 9.07. The second-order valence-electron chi connectivity index (χ2n) is 10.8. The number of amides is 2. The molecule has 8 nitrogen and oxygen atoms in total. The average molecular weight is 649 g/mol. The predicted octanol–water partition coefficient (Wildman–Crippen LogP) is 6.74. The van der Waals surface area contributed by atoms with Crippen LogP contribution < -0.4 is 16.0 Å². The first-order valence-electron chi connectivity index (χ1n) is 17.2. The number of rotatable bonds is 14. The number of carbonyl (C=O) groups is 3. The van der Waals surface area contributed by atoms with Gasteiger partial charge in [0, 0.05) is 20.1 Å². The lowest BCUT2D eigenvalue weighted by Crippen LogP contribution is -2.49. The number of nitrogens with zero attached hydrogens (tertiary/aromatic N) is 1. The van der Waals surface area contributed by atoms with Crippen molar-refractivity contribution in [2.75, 3.05) is 40.3 Å². The van der Waals surface area contributed by atoms with Crippen LogP contribution in [0.25, 0.3) is 0 Å². The first kappa shape index (κ1) is 45.1. The first-order valence-corrected chi connectivity index (χ1v) is 17.2. The van der Waals surface area contributed by atoms with Gasteiger partial charge in [0.15, 0.2) is 0 Å². The van der Waals surface area contributed by atoms with Crippen LogP contribution >= 0.6 is 0 Å². The van der Waals surface area contributed by atoms with Crippen molar-refractivity contribution in [1.82, 2.24) is 20.9 Å². The number of hydrogen-bond acceptors (Lipinski definition) is 6. The second kappa shape index (κ2) is 29.4. The summed E-state index contributed by atoms with van der Waals surface area (Å²) in [5.41, 5.74) is 3.55. The lowest BCUT2D eigenvalue weighted by molar-refractivity contribution is -0.134. The highest BCUT2D eigenvalue weighted by molar-refractivity contribution is 5.84. The van der Waals surface area contributed by atoms with Crippen LogP contribution in [0.2, 0.25) is 0 Å². The van der Waals surface area contributed by atoms with Gasteiger partial charge in [0.25, 0.3) is 0 Å². The molecule has 0 spiro atoms. The summed E-state index contributed by atoms with van der Waals surface area (Å²) in [4.78, 5) is 35.4. The third-order valence-electron chi connectivity index (χ3n) is 7.12. The Labute approximate surface area is 280 Å². The SMILES string of the molecule is CC.CC.CC/C=C1/CCC(CNC(C(=O)N(C)CC=O)C2CC2)O/C1=C(/C)CCCNC=O.CCNC.Cc1ccc(F)cc1. The zero-order chi connectivity index (χ0) is 35.3. The van der Waals surface area contributed by atoms with Crippen LogP contribution in [0, 0.1) is 18.7 Å². The van der Waals surface area contributed by atoms with E-state index in [0.29, 0.717) is 19.0 Å². The Kier molecular flexibility index (Phi) is 28.8. The van der Waals surface area contributed by atoms with E-state index in [1.807, 2.05) is 41.7 Å². The van der Waals surface area contributed by atoms with Crippen LogP contribution in [0.3, 0.4) is 0 Å². The standard InChI is InChI=1S/C23H37N3O4.C7H7F.C3H9N.2C2H6/c1-4-6-19-10-11-20(30-22(19)17(2)7-5-12-24-16-28)15-25-21(18-8-9-18)23(29)26(3)13-14-27;1-6-2-4-7(8)5-3-6;1-3-4-2;2*1-2/h6,14,16,18,20-21,25H,4-5,7-13,15H2,1-3H3,(H,24,28);2-5H,1H3;4H,3H2,1-2H3;2*1-2H3/b19-6-,22-17-;;;;. The molecule has 1 saturated carbocycles. The Balaban J connectivity index is 0. The van der Waals surface area contributed by atoms with E-state index in [9.17, 15) is 18.8 Å². The van der Waals surface area contributed by atoms with Gasteiger partial charge >= 0.3 is 0 Å². The van der Waals surface area contributed by atoms with Gasteiger partial charge in [0.05, 0.1) is 12.6 Å². The smallest absolute Gasteiger partial charge is 0.240 e. The Hall–Kier alpha value is -3.04. The molecule has 9 heteroatoms. The maximum atomic E-state index is 12.7. The normalized spacial score (nSPS) is 17.4. The molecule has 1 aliphatic carbocycles. The lowest BCUT2D eigenvalue weighted by atomic mass is 9.96. The van der Waals surface area contributed by atoms with E-state index in [0.717, 1.165) is 75.5 Å². The Morgan fingerprint density at radius 1 is 1.09 bits per heavy atom. The van der Waals surface area contributed by atoms with Crippen LogP contribution in [0.1, 0.15) is 99.0 Å². The Morgan fingerprint density at radius 2 is 1.70 bits per heavy atom. The van der Waals surface area contributed by atoms with Crippen molar-refractivity contribution in [2.45, 2.75) is 112 Å². The molecule has 1 heterocycles. The molecule has 0 aromatic heterocycles. The fraction of sp³-hybridized carbons (Fsp3) is 0.649. The molecule has 1 aliphatic heterocycles. The highest BCUT2D eigenvalue weighted by Gasteiger charge is 2.38. The molecule has 1 aromatic carbocycles. The van der Waals surface area contributed by atoms with Gasteiger partial charge in [-0.15, -0.1) is 0 Å². The van der Waals surface area contributed by atoms with E-state index >= 15 is 0 Å².